The van der Waals surface area contributed by atoms with Gasteiger partial charge in [-0.3, -0.25) is 4.90 Å². The van der Waals surface area contributed by atoms with Crippen LogP contribution >= 0.6 is 11.3 Å². The maximum Gasteiger partial charge on any atom is 0.0937 e. The van der Waals surface area contributed by atoms with Crippen LogP contribution in [-0.4, -0.2) is 35.1 Å². The van der Waals surface area contributed by atoms with Crippen molar-refractivity contribution in [3.8, 4) is 0 Å². The molecule has 0 saturated carbocycles. The van der Waals surface area contributed by atoms with Gasteiger partial charge in [0.15, 0.2) is 0 Å². The maximum atomic E-state index is 4.41. The van der Waals surface area contributed by atoms with Crippen molar-refractivity contribution in [1.29, 1.82) is 0 Å². The highest BCUT2D eigenvalue weighted by Crippen LogP contribution is 2.27. The smallest absolute Gasteiger partial charge is 0.0937 e. The van der Waals surface area contributed by atoms with E-state index in [4.69, 9.17) is 0 Å². The molecule has 3 rings (SSSR count). The van der Waals surface area contributed by atoms with E-state index in [1.165, 1.54) is 10.6 Å². The Kier molecular flexibility index (Phi) is 4.38. The van der Waals surface area contributed by atoms with Crippen molar-refractivity contribution in [2.45, 2.75) is 31.8 Å². The number of nitrogens with zero attached hydrogens (tertiary/aromatic N) is 2. The van der Waals surface area contributed by atoms with Gasteiger partial charge in [-0.25, -0.2) is 4.98 Å². The van der Waals surface area contributed by atoms with Crippen molar-refractivity contribution in [1.82, 2.24) is 15.2 Å². The van der Waals surface area contributed by atoms with Gasteiger partial charge < -0.3 is 5.32 Å². The quantitative estimate of drug-likeness (QED) is 0.940. The van der Waals surface area contributed by atoms with E-state index in [0.717, 1.165) is 26.1 Å². The van der Waals surface area contributed by atoms with Crippen molar-refractivity contribution in [3.63, 3.8) is 0 Å². The number of benzene rings is 1. The highest BCUT2D eigenvalue weighted by Gasteiger charge is 2.32. The van der Waals surface area contributed by atoms with E-state index in [2.05, 4.69) is 64.8 Å². The first-order valence-corrected chi connectivity index (χ1v) is 8.44. The van der Waals surface area contributed by atoms with Crippen LogP contribution in [-0.2, 0) is 6.42 Å². The van der Waals surface area contributed by atoms with Gasteiger partial charge in [0, 0.05) is 49.2 Å². The van der Waals surface area contributed by atoms with E-state index in [0.29, 0.717) is 6.04 Å². The van der Waals surface area contributed by atoms with Crippen molar-refractivity contribution in [2.24, 2.45) is 0 Å². The zero-order chi connectivity index (χ0) is 14.7. The fourth-order valence-corrected chi connectivity index (χ4v) is 3.64. The Morgan fingerprint density at radius 1 is 1.33 bits per heavy atom. The Balaban J connectivity index is 1.74. The minimum Gasteiger partial charge on any atom is -0.309 e. The number of aromatic nitrogens is 1. The van der Waals surface area contributed by atoms with Crippen LogP contribution in [0.1, 0.15) is 30.5 Å². The third kappa shape index (κ3) is 3.70. The van der Waals surface area contributed by atoms with Crippen molar-refractivity contribution < 1.29 is 0 Å². The molecule has 21 heavy (non-hydrogen) atoms. The Bertz CT molecular complexity index is 551. The lowest BCUT2D eigenvalue weighted by Crippen LogP contribution is -2.58. The van der Waals surface area contributed by atoms with Crippen LogP contribution in [0.15, 0.2) is 41.9 Å². The van der Waals surface area contributed by atoms with Crippen LogP contribution in [0.2, 0.25) is 0 Å². The maximum absolute atomic E-state index is 4.41. The zero-order valence-electron chi connectivity index (χ0n) is 12.7. The Morgan fingerprint density at radius 2 is 2.14 bits per heavy atom. The molecular formula is C17H23N3S. The average Bonchev–Trinajstić information content (AvgIpc) is 2.98. The van der Waals surface area contributed by atoms with Crippen molar-refractivity contribution >= 4 is 11.3 Å². The Labute approximate surface area is 131 Å². The van der Waals surface area contributed by atoms with E-state index in [1.54, 1.807) is 11.3 Å². The lowest BCUT2D eigenvalue weighted by molar-refractivity contribution is 0.0963. The molecule has 2 aromatic rings. The normalized spacial score (nSPS) is 22.3. The first kappa shape index (κ1) is 14.7. The molecule has 1 aromatic carbocycles. The lowest BCUT2D eigenvalue weighted by Gasteiger charge is -2.45. The zero-order valence-corrected chi connectivity index (χ0v) is 13.6. The van der Waals surface area contributed by atoms with Gasteiger partial charge in [0.05, 0.1) is 5.01 Å². The Hall–Kier alpha value is -1.23. The van der Waals surface area contributed by atoms with E-state index < -0.39 is 0 Å². The summed E-state index contributed by atoms with van der Waals surface area (Å²) in [5, 5.41) is 6.97. The van der Waals surface area contributed by atoms with E-state index >= 15 is 0 Å². The summed E-state index contributed by atoms with van der Waals surface area (Å²) in [7, 11) is 0. The lowest BCUT2D eigenvalue weighted by atomic mass is 9.94. The second-order valence-electron chi connectivity index (χ2n) is 6.34. The summed E-state index contributed by atoms with van der Waals surface area (Å²) in [6, 6.07) is 11.3. The van der Waals surface area contributed by atoms with Gasteiger partial charge in [-0.1, -0.05) is 30.3 Å². The van der Waals surface area contributed by atoms with Crippen LogP contribution in [0.25, 0.3) is 0 Å². The van der Waals surface area contributed by atoms with Gasteiger partial charge in [0.25, 0.3) is 0 Å². The van der Waals surface area contributed by atoms with Crippen molar-refractivity contribution in [3.05, 3.63) is 52.5 Å². The largest absolute Gasteiger partial charge is 0.309 e. The second-order valence-corrected chi connectivity index (χ2v) is 7.32. The minimum absolute atomic E-state index is 0.175. The molecule has 2 heterocycles. The summed E-state index contributed by atoms with van der Waals surface area (Å²) in [5.41, 5.74) is 1.58. The molecule has 0 amide bonds. The van der Waals surface area contributed by atoms with Crippen LogP contribution in [0.5, 0.6) is 0 Å². The summed E-state index contributed by atoms with van der Waals surface area (Å²) < 4.78 is 0. The molecular weight excluding hydrogens is 278 g/mol. The SMILES string of the molecule is CC1(C)CN(CCc2nccs2)C(c2ccccc2)CN1. The molecule has 1 aliphatic rings. The van der Waals surface area contributed by atoms with Gasteiger partial charge in [0.2, 0.25) is 0 Å². The predicted molar refractivity (Wildman–Crippen MR) is 88.7 cm³/mol. The molecule has 1 N–H and O–H groups in total. The predicted octanol–water partition coefficient (Wildman–Crippen LogP) is 3.11. The summed E-state index contributed by atoms with van der Waals surface area (Å²) in [4.78, 5) is 7.02. The molecule has 0 aliphatic carbocycles. The monoisotopic (exact) mass is 301 g/mol. The molecule has 112 valence electrons. The number of rotatable bonds is 4. The van der Waals surface area contributed by atoms with Crippen LogP contribution < -0.4 is 5.32 Å². The van der Waals surface area contributed by atoms with Gasteiger partial charge in [0.1, 0.15) is 0 Å². The highest BCUT2D eigenvalue weighted by molar-refractivity contribution is 7.09. The molecule has 0 bridgehead atoms. The molecule has 1 unspecified atom stereocenters. The van der Waals surface area contributed by atoms with Gasteiger partial charge >= 0.3 is 0 Å². The third-order valence-electron chi connectivity index (χ3n) is 4.09. The first-order valence-electron chi connectivity index (χ1n) is 7.56. The number of nitrogens with one attached hydrogen (secondary N) is 1. The molecule has 3 nitrogen and oxygen atoms in total. The number of hydrogen-bond acceptors (Lipinski definition) is 4. The molecule has 1 aromatic heterocycles. The van der Waals surface area contributed by atoms with E-state index in [-0.39, 0.29) is 5.54 Å². The standard InChI is InChI=1S/C17H23N3S/c1-17(2)13-20(10-8-16-18-9-11-21-16)15(12-19-17)14-6-4-3-5-7-14/h3-7,9,11,15,19H,8,10,12-13H2,1-2H3. The molecule has 0 spiro atoms. The number of hydrogen-bond donors (Lipinski definition) is 1. The molecule has 1 aliphatic heterocycles. The third-order valence-corrected chi connectivity index (χ3v) is 4.93. The van der Waals surface area contributed by atoms with E-state index in [1.807, 2.05) is 6.20 Å². The summed E-state index contributed by atoms with van der Waals surface area (Å²) in [5.74, 6) is 0. The fourth-order valence-electron chi connectivity index (χ4n) is 3.03. The molecule has 0 radical (unpaired) electrons. The average molecular weight is 301 g/mol. The summed E-state index contributed by atoms with van der Waals surface area (Å²) >= 11 is 1.76. The summed E-state index contributed by atoms with van der Waals surface area (Å²) in [6.45, 7) is 7.71. The molecule has 1 fully saturated rings. The molecule has 4 heteroatoms. The van der Waals surface area contributed by atoms with Crippen LogP contribution in [0.4, 0.5) is 0 Å². The van der Waals surface area contributed by atoms with Crippen molar-refractivity contribution in [2.75, 3.05) is 19.6 Å². The number of piperazine rings is 1. The molecule has 1 saturated heterocycles. The molecule has 1 atom stereocenters. The fraction of sp³-hybridized carbons (Fsp3) is 0.471. The summed E-state index contributed by atoms with van der Waals surface area (Å²) in [6.07, 6.45) is 2.94. The van der Waals surface area contributed by atoms with E-state index in [9.17, 15) is 0 Å². The minimum atomic E-state index is 0.175. The number of thiazole rings is 1. The highest BCUT2D eigenvalue weighted by atomic mass is 32.1. The van der Waals surface area contributed by atoms with Crippen LogP contribution in [0, 0.1) is 0 Å². The Morgan fingerprint density at radius 3 is 2.86 bits per heavy atom. The van der Waals surface area contributed by atoms with Crippen LogP contribution in [0.3, 0.4) is 0 Å². The second kappa shape index (κ2) is 6.26. The van der Waals surface area contributed by atoms with Gasteiger partial charge in [-0.2, -0.15) is 0 Å². The first-order chi connectivity index (χ1) is 10.1. The van der Waals surface area contributed by atoms with Gasteiger partial charge in [-0.15, -0.1) is 11.3 Å². The van der Waals surface area contributed by atoms with Gasteiger partial charge in [-0.05, 0) is 19.4 Å². The topological polar surface area (TPSA) is 28.2 Å².